The lowest BCUT2D eigenvalue weighted by Gasteiger charge is -2.07. The van der Waals surface area contributed by atoms with E-state index >= 15 is 0 Å². The molecule has 1 heterocycles. The van der Waals surface area contributed by atoms with Gasteiger partial charge in [0, 0.05) is 5.75 Å². The molecule has 0 saturated carbocycles. The number of carbonyl (C=O) groups excluding carboxylic acids is 2. The molecular formula is C12H12FN3O2S2. The van der Waals surface area contributed by atoms with Crippen molar-refractivity contribution in [2.24, 2.45) is 4.99 Å². The Morgan fingerprint density at radius 2 is 2.20 bits per heavy atom. The number of nitrogens with zero attached hydrogens (tertiary/aromatic N) is 1. The maximum atomic E-state index is 13.3. The Bertz CT molecular complexity index is 551. The minimum Gasteiger partial charge on any atom is -0.305 e. The lowest BCUT2D eigenvalue weighted by molar-refractivity contribution is -0.117. The molecule has 0 spiro atoms. The molecular weight excluding hydrogens is 301 g/mol. The topological polar surface area (TPSA) is 70.6 Å². The number of rotatable bonds is 3. The van der Waals surface area contributed by atoms with Crippen molar-refractivity contribution in [2.45, 2.75) is 0 Å². The Kier molecular flexibility index (Phi) is 5.42. The van der Waals surface area contributed by atoms with Gasteiger partial charge in [0.25, 0.3) is 0 Å². The molecule has 2 rings (SSSR count). The fourth-order valence-electron chi connectivity index (χ4n) is 1.41. The van der Waals surface area contributed by atoms with Crippen molar-refractivity contribution < 1.29 is 14.0 Å². The average Bonchev–Trinajstić information content (AvgIpc) is 2.92. The van der Waals surface area contributed by atoms with Crippen LogP contribution in [0.2, 0.25) is 0 Å². The predicted molar refractivity (Wildman–Crippen MR) is 80.8 cm³/mol. The number of urea groups is 1. The van der Waals surface area contributed by atoms with Crippen LogP contribution in [0.15, 0.2) is 29.3 Å². The summed E-state index contributed by atoms with van der Waals surface area (Å²) in [4.78, 5) is 27.2. The highest BCUT2D eigenvalue weighted by molar-refractivity contribution is 8.39. The molecule has 5 nitrogen and oxygen atoms in total. The minimum absolute atomic E-state index is 0.0289. The van der Waals surface area contributed by atoms with Gasteiger partial charge in [-0.05, 0) is 12.1 Å². The Labute approximate surface area is 123 Å². The zero-order valence-corrected chi connectivity index (χ0v) is 12.0. The fraction of sp³-hybridized carbons (Fsp3) is 0.250. The summed E-state index contributed by atoms with van der Waals surface area (Å²) in [5.41, 5.74) is 0.0289. The molecule has 0 saturated heterocycles. The second kappa shape index (κ2) is 7.30. The van der Waals surface area contributed by atoms with Gasteiger partial charge in [-0.25, -0.2) is 9.18 Å². The molecule has 8 heteroatoms. The fourth-order valence-corrected chi connectivity index (χ4v) is 3.22. The summed E-state index contributed by atoms with van der Waals surface area (Å²) in [5, 5.41) is 4.42. The number of amides is 3. The zero-order chi connectivity index (χ0) is 14.4. The summed E-state index contributed by atoms with van der Waals surface area (Å²) in [6.07, 6.45) is 0. The molecule has 3 amide bonds. The Balaban J connectivity index is 1.76. The molecule has 106 valence electrons. The second-order valence-corrected chi connectivity index (χ2v) is 6.07. The summed E-state index contributed by atoms with van der Waals surface area (Å²) in [7, 11) is 0. The summed E-state index contributed by atoms with van der Waals surface area (Å²) in [6, 6.07) is 4.99. The maximum absolute atomic E-state index is 13.3. The number of thioether (sulfide) groups is 2. The van der Waals surface area contributed by atoms with Crippen molar-refractivity contribution in [2.75, 3.05) is 23.4 Å². The van der Waals surface area contributed by atoms with Crippen molar-refractivity contribution >= 4 is 45.5 Å². The first-order chi connectivity index (χ1) is 9.65. The Morgan fingerprint density at radius 3 is 2.90 bits per heavy atom. The third kappa shape index (κ3) is 4.53. The third-order valence-corrected chi connectivity index (χ3v) is 4.51. The van der Waals surface area contributed by atoms with Crippen LogP contribution in [-0.4, -0.2) is 34.4 Å². The summed E-state index contributed by atoms with van der Waals surface area (Å²) in [5.74, 6) is 0.0362. The first-order valence-corrected chi connectivity index (χ1v) is 7.77. The Hall–Kier alpha value is -1.54. The van der Waals surface area contributed by atoms with Crippen molar-refractivity contribution in [3.8, 4) is 0 Å². The highest BCUT2D eigenvalue weighted by Crippen LogP contribution is 2.21. The molecule has 1 aliphatic rings. The quantitative estimate of drug-likeness (QED) is 0.898. The van der Waals surface area contributed by atoms with E-state index in [1.807, 2.05) is 0 Å². The van der Waals surface area contributed by atoms with Crippen LogP contribution in [0.25, 0.3) is 0 Å². The van der Waals surface area contributed by atoms with Crippen LogP contribution in [0.4, 0.5) is 14.9 Å². The molecule has 2 N–H and O–H groups in total. The number of para-hydroxylation sites is 1. The van der Waals surface area contributed by atoms with Gasteiger partial charge in [0.15, 0.2) is 0 Å². The number of hydrogen-bond donors (Lipinski definition) is 2. The van der Waals surface area contributed by atoms with E-state index in [9.17, 15) is 14.0 Å². The number of anilines is 1. The van der Waals surface area contributed by atoms with E-state index in [1.54, 1.807) is 17.8 Å². The van der Waals surface area contributed by atoms with Crippen molar-refractivity contribution in [3.05, 3.63) is 30.1 Å². The highest BCUT2D eigenvalue weighted by Gasteiger charge is 2.13. The first kappa shape index (κ1) is 14.9. The zero-order valence-electron chi connectivity index (χ0n) is 10.4. The largest absolute Gasteiger partial charge is 0.325 e. The number of nitrogens with one attached hydrogen (secondary N) is 2. The van der Waals surface area contributed by atoms with Crippen LogP contribution >= 0.6 is 23.5 Å². The van der Waals surface area contributed by atoms with Crippen LogP contribution in [0.1, 0.15) is 0 Å². The second-order valence-electron chi connectivity index (χ2n) is 3.77. The van der Waals surface area contributed by atoms with Gasteiger partial charge in [-0.2, -0.15) is 0 Å². The number of benzene rings is 1. The number of aliphatic imine (C=N–C) groups is 1. The SMILES string of the molecule is O=C(CSC1=NCCS1)NC(=O)Nc1ccccc1F. The smallest absolute Gasteiger partial charge is 0.305 e. The molecule has 1 aromatic carbocycles. The molecule has 0 unspecified atom stereocenters. The normalized spacial score (nSPS) is 13.8. The van der Waals surface area contributed by atoms with E-state index in [1.165, 1.54) is 30.0 Å². The van der Waals surface area contributed by atoms with Gasteiger partial charge in [0.2, 0.25) is 5.91 Å². The van der Waals surface area contributed by atoms with Crippen molar-refractivity contribution in [1.29, 1.82) is 0 Å². The van der Waals surface area contributed by atoms with Crippen LogP contribution in [0.3, 0.4) is 0 Å². The third-order valence-electron chi connectivity index (χ3n) is 2.26. The van der Waals surface area contributed by atoms with Crippen molar-refractivity contribution in [3.63, 3.8) is 0 Å². The van der Waals surface area contributed by atoms with Crippen LogP contribution in [0.5, 0.6) is 0 Å². The van der Waals surface area contributed by atoms with Gasteiger partial charge in [0.1, 0.15) is 10.2 Å². The van der Waals surface area contributed by atoms with E-state index in [2.05, 4.69) is 15.6 Å². The Morgan fingerprint density at radius 1 is 1.40 bits per heavy atom. The molecule has 0 atom stereocenters. The van der Waals surface area contributed by atoms with E-state index in [4.69, 9.17) is 0 Å². The minimum atomic E-state index is -0.748. The average molecular weight is 313 g/mol. The number of carbonyl (C=O) groups is 2. The van der Waals surface area contributed by atoms with Gasteiger partial charge < -0.3 is 5.32 Å². The molecule has 0 aromatic heterocycles. The predicted octanol–water partition coefficient (Wildman–Crippen LogP) is 2.31. The molecule has 0 aliphatic carbocycles. The van der Waals surface area contributed by atoms with Crippen LogP contribution in [-0.2, 0) is 4.79 Å². The van der Waals surface area contributed by atoms with Gasteiger partial charge in [-0.15, -0.1) is 0 Å². The first-order valence-electron chi connectivity index (χ1n) is 5.80. The van der Waals surface area contributed by atoms with Gasteiger partial charge >= 0.3 is 6.03 Å². The number of halogens is 1. The van der Waals surface area contributed by atoms with E-state index in [-0.39, 0.29) is 11.4 Å². The summed E-state index contributed by atoms with van der Waals surface area (Å²) < 4.78 is 14.1. The number of imide groups is 1. The van der Waals surface area contributed by atoms with E-state index < -0.39 is 17.8 Å². The molecule has 0 bridgehead atoms. The number of hydrogen-bond acceptors (Lipinski definition) is 5. The summed E-state index contributed by atoms with van der Waals surface area (Å²) >= 11 is 2.88. The monoisotopic (exact) mass is 313 g/mol. The lowest BCUT2D eigenvalue weighted by atomic mass is 10.3. The lowest BCUT2D eigenvalue weighted by Crippen LogP contribution is -2.35. The van der Waals surface area contributed by atoms with Crippen molar-refractivity contribution in [1.82, 2.24) is 5.32 Å². The van der Waals surface area contributed by atoms with Crippen LogP contribution in [0, 0.1) is 5.82 Å². The van der Waals surface area contributed by atoms with Gasteiger partial charge in [0.05, 0.1) is 18.0 Å². The molecule has 1 aliphatic heterocycles. The van der Waals surface area contributed by atoms with E-state index in [0.29, 0.717) is 0 Å². The molecule has 20 heavy (non-hydrogen) atoms. The van der Waals surface area contributed by atoms with E-state index in [0.717, 1.165) is 16.7 Å². The standard InChI is InChI=1S/C12H12FN3O2S2/c13-8-3-1-2-4-9(8)15-11(18)16-10(17)7-20-12-14-5-6-19-12/h1-4H,5-7H2,(H2,15,16,17,18). The highest BCUT2D eigenvalue weighted by atomic mass is 32.2. The molecule has 0 fully saturated rings. The van der Waals surface area contributed by atoms with Crippen LogP contribution < -0.4 is 10.6 Å². The van der Waals surface area contributed by atoms with Gasteiger partial charge in [-0.1, -0.05) is 35.7 Å². The maximum Gasteiger partial charge on any atom is 0.325 e. The van der Waals surface area contributed by atoms with Gasteiger partial charge in [-0.3, -0.25) is 15.1 Å². The molecule has 0 radical (unpaired) electrons. The molecule has 1 aromatic rings. The summed E-state index contributed by atoms with van der Waals surface area (Å²) in [6.45, 7) is 0.766.